The molecule has 2 atom stereocenters. The summed E-state index contributed by atoms with van der Waals surface area (Å²) in [6, 6.07) is 1.76. The van der Waals surface area contributed by atoms with Gasteiger partial charge in [-0.1, -0.05) is 11.6 Å². The van der Waals surface area contributed by atoms with Gasteiger partial charge >= 0.3 is 0 Å². The number of piperidine rings is 2. The first kappa shape index (κ1) is 12.1. The summed E-state index contributed by atoms with van der Waals surface area (Å²) >= 11 is 0. The molecule has 5 heteroatoms. The zero-order chi connectivity index (χ0) is 12.5. The Kier molecular flexibility index (Phi) is 3.35. The van der Waals surface area contributed by atoms with Gasteiger partial charge in [0, 0.05) is 31.1 Å². The van der Waals surface area contributed by atoms with Gasteiger partial charge in [-0.3, -0.25) is 4.90 Å². The average Bonchev–Trinajstić information content (AvgIpc) is 2.72. The van der Waals surface area contributed by atoms with Gasteiger partial charge < -0.3 is 10.3 Å². The smallest absolute Gasteiger partial charge is 0.227 e. The first-order valence-corrected chi connectivity index (χ1v) is 7.03. The van der Waals surface area contributed by atoms with Crippen LogP contribution in [-0.2, 0) is 6.42 Å². The highest BCUT2D eigenvalue weighted by molar-refractivity contribution is 4.95. The first-order valence-electron chi connectivity index (χ1n) is 7.03. The fraction of sp³-hybridized carbons (Fsp3) is 0.846. The van der Waals surface area contributed by atoms with Crippen molar-refractivity contribution in [3.63, 3.8) is 0 Å². The van der Waals surface area contributed by atoms with Gasteiger partial charge in [-0.2, -0.15) is 4.98 Å². The van der Waals surface area contributed by atoms with E-state index < -0.39 is 0 Å². The van der Waals surface area contributed by atoms with Crippen molar-refractivity contribution in [2.75, 3.05) is 6.54 Å². The average molecular weight is 250 g/mol. The number of aromatic nitrogens is 2. The maximum atomic E-state index is 6.13. The third-order valence-corrected chi connectivity index (χ3v) is 4.32. The van der Waals surface area contributed by atoms with E-state index in [4.69, 9.17) is 10.3 Å². The number of rotatable bonds is 3. The van der Waals surface area contributed by atoms with Gasteiger partial charge in [-0.25, -0.2) is 0 Å². The Morgan fingerprint density at radius 1 is 1.33 bits per heavy atom. The lowest BCUT2D eigenvalue weighted by atomic mass is 9.82. The summed E-state index contributed by atoms with van der Waals surface area (Å²) in [5.41, 5.74) is 6.13. The van der Waals surface area contributed by atoms with E-state index in [0.717, 1.165) is 37.5 Å². The standard InChI is InChI=1S/C13H22N4O/c1-9-15-13(18-16-9)5-6-17-11-3-2-4-12(17)8-10(14)7-11/h10-12H,2-8,14H2,1H3. The molecule has 2 fully saturated rings. The first-order chi connectivity index (χ1) is 8.72. The molecule has 0 aliphatic carbocycles. The van der Waals surface area contributed by atoms with E-state index >= 15 is 0 Å². The summed E-state index contributed by atoms with van der Waals surface area (Å²) in [6.45, 7) is 2.89. The van der Waals surface area contributed by atoms with Gasteiger partial charge in [-0.15, -0.1) is 0 Å². The van der Waals surface area contributed by atoms with E-state index in [1.54, 1.807) is 0 Å². The van der Waals surface area contributed by atoms with E-state index in [2.05, 4.69) is 15.0 Å². The summed E-state index contributed by atoms with van der Waals surface area (Å²) in [4.78, 5) is 6.91. The molecule has 100 valence electrons. The fourth-order valence-corrected chi connectivity index (χ4v) is 3.55. The molecule has 0 spiro atoms. The normalized spacial score (nSPS) is 32.7. The molecular weight excluding hydrogens is 228 g/mol. The Balaban J connectivity index is 1.61. The van der Waals surface area contributed by atoms with Gasteiger partial charge in [0.15, 0.2) is 5.82 Å². The van der Waals surface area contributed by atoms with Crippen LogP contribution in [-0.4, -0.2) is 39.7 Å². The molecule has 2 bridgehead atoms. The molecule has 2 N–H and O–H groups in total. The van der Waals surface area contributed by atoms with Crippen LogP contribution in [0.3, 0.4) is 0 Å². The number of fused-ring (bicyclic) bond motifs is 2. The van der Waals surface area contributed by atoms with Crippen LogP contribution < -0.4 is 5.73 Å². The Hall–Kier alpha value is -0.940. The van der Waals surface area contributed by atoms with Crippen LogP contribution in [0.15, 0.2) is 4.52 Å². The maximum Gasteiger partial charge on any atom is 0.227 e. The second-order valence-corrected chi connectivity index (χ2v) is 5.69. The van der Waals surface area contributed by atoms with Crippen LogP contribution in [0.1, 0.15) is 43.8 Å². The van der Waals surface area contributed by atoms with Crippen molar-refractivity contribution >= 4 is 0 Å². The highest BCUT2D eigenvalue weighted by Gasteiger charge is 2.36. The van der Waals surface area contributed by atoms with Crippen molar-refractivity contribution in [1.29, 1.82) is 0 Å². The van der Waals surface area contributed by atoms with Crippen LogP contribution in [0.25, 0.3) is 0 Å². The van der Waals surface area contributed by atoms with Gasteiger partial charge in [0.05, 0.1) is 0 Å². The van der Waals surface area contributed by atoms with Crippen LogP contribution in [0.5, 0.6) is 0 Å². The van der Waals surface area contributed by atoms with E-state index in [1.165, 1.54) is 19.3 Å². The predicted octanol–water partition coefficient (Wildman–Crippen LogP) is 1.26. The largest absolute Gasteiger partial charge is 0.339 e. The quantitative estimate of drug-likeness (QED) is 0.874. The molecule has 0 saturated carbocycles. The van der Waals surface area contributed by atoms with Crippen LogP contribution in [0.4, 0.5) is 0 Å². The molecule has 5 nitrogen and oxygen atoms in total. The molecule has 1 aromatic rings. The van der Waals surface area contributed by atoms with Gasteiger partial charge in [0.1, 0.15) is 0 Å². The minimum Gasteiger partial charge on any atom is -0.339 e. The Labute approximate surface area is 108 Å². The fourth-order valence-electron chi connectivity index (χ4n) is 3.55. The van der Waals surface area contributed by atoms with Crippen molar-refractivity contribution in [3.05, 3.63) is 11.7 Å². The molecular formula is C13H22N4O. The molecule has 2 aliphatic rings. The Morgan fingerprint density at radius 2 is 2.06 bits per heavy atom. The molecule has 2 aliphatic heterocycles. The molecule has 2 saturated heterocycles. The van der Waals surface area contributed by atoms with Gasteiger partial charge in [-0.05, 0) is 32.6 Å². The van der Waals surface area contributed by atoms with E-state index in [9.17, 15) is 0 Å². The predicted molar refractivity (Wildman–Crippen MR) is 68.1 cm³/mol. The van der Waals surface area contributed by atoms with E-state index in [0.29, 0.717) is 18.1 Å². The second-order valence-electron chi connectivity index (χ2n) is 5.69. The van der Waals surface area contributed by atoms with Crippen molar-refractivity contribution in [2.24, 2.45) is 5.73 Å². The van der Waals surface area contributed by atoms with Crippen LogP contribution in [0.2, 0.25) is 0 Å². The molecule has 0 radical (unpaired) electrons. The zero-order valence-corrected chi connectivity index (χ0v) is 11.0. The number of aryl methyl sites for hydroxylation is 1. The van der Waals surface area contributed by atoms with Crippen molar-refractivity contribution in [2.45, 2.75) is 63.6 Å². The molecule has 1 aromatic heterocycles. The Morgan fingerprint density at radius 3 is 2.67 bits per heavy atom. The third-order valence-electron chi connectivity index (χ3n) is 4.32. The van der Waals surface area contributed by atoms with Crippen molar-refractivity contribution in [3.8, 4) is 0 Å². The summed E-state index contributed by atoms with van der Waals surface area (Å²) in [6.07, 6.45) is 7.13. The third kappa shape index (κ3) is 2.42. The molecule has 3 rings (SSSR count). The Bertz CT molecular complexity index is 391. The minimum absolute atomic E-state index is 0.405. The topological polar surface area (TPSA) is 68.2 Å². The lowest BCUT2D eigenvalue weighted by Gasteiger charge is -2.48. The van der Waals surface area contributed by atoms with Gasteiger partial charge in [0.2, 0.25) is 5.89 Å². The van der Waals surface area contributed by atoms with Gasteiger partial charge in [0.25, 0.3) is 0 Å². The molecule has 3 heterocycles. The van der Waals surface area contributed by atoms with Crippen molar-refractivity contribution < 1.29 is 4.52 Å². The van der Waals surface area contributed by atoms with E-state index in [1.807, 2.05) is 6.92 Å². The monoisotopic (exact) mass is 250 g/mol. The highest BCUT2D eigenvalue weighted by Crippen LogP contribution is 2.33. The van der Waals surface area contributed by atoms with Crippen LogP contribution in [0, 0.1) is 6.92 Å². The lowest BCUT2D eigenvalue weighted by molar-refractivity contribution is 0.0311. The summed E-state index contributed by atoms with van der Waals surface area (Å²) in [5, 5.41) is 3.84. The van der Waals surface area contributed by atoms with Crippen molar-refractivity contribution in [1.82, 2.24) is 15.0 Å². The lowest BCUT2D eigenvalue weighted by Crippen LogP contribution is -2.55. The number of hydrogen-bond donors (Lipinski definition) is 1. The molecule has 0 aromatic carbocycles. The summed E-state index contributed by atoms with van der Waals surface area (Å²) in [7, 11) is 0. The number of nitrogens with zero attached hydrogens (tertiary/aromatic N) is 3. The summed E-state index contributed by atoms with van der Waals surface area (Å²) in [5.74, 6) is 1.49. The summed E-state index contributed by atoms with van der Waals surface area (Å²) < 4.78 is 5.19. The minimum atomic E-state index is 0.405. The maximum absolute atomic E-state index is 6.13. The van der Waals surface area contributed by atoms with Crippen LogP contribution >= 0.6 is 0 Å². The molecule has 0 amide bonds. The van der Waals surface area contributed by atoms with E-state index in [-0.39, 0.29) is 0 Å². The molecule has 18 heavy (non-hydrogen) atoms. The zero-order valence-electron chi connectivity index (χ0n) is 11.0. The highest BCUT2D eigenvalue weighted by atomic mass is 16.5. The second kappa shape index (κ2) is 4.97. The number of hydrogen-bond acceptors (Lipinski definition) is 5. The molecule has 2 unspecified atom stereocenters. The SMILES string of the molecule is Cc1noc(CCN2C3CCCC2CC(N)C3)n1. The number of nitrogens with two attached hydrogens (primary N) is 1.